The highest BCUT2D eigenvalue weighted by atomic mass is 16.5. The van der Waals surface area contributed by atoms with E-state index in [-0.39, 0.29) is 0 Å². The highest BCUT2D eigenvalue weighted by molar-refractivity contribution is 4.80. The minimum absolute atomic E-state index is 0.304. The number of rotatable bonds is 14. The monoisotopic (exact) mass is 322 g/mol. The molecule has 0 aromatic rings. The molecule has 0 aromatic carbocycles. The van der Waals surface area contributed by atoms with Gasteiger partial charge in [0.15, 0.2) is 0 Å². The van der Waals surface area contributed by atoms with Crippen LogP contribution in [0.2, 0.25) is 0 Å². The van der Waals surface area contributed by atoms with Crippen molar-refractivity contribution in [3.05, 3.63) is 0 Å². The van der Waals surface area contributed by atoms with Crippen LogP contribution in [-0.4, -0.2) is 61.3 Å². The zero-order valence-corrected chi connectivity index (χ0v) is 15.4. The lowest BCUT2D eigenvalue weighted by atomic mass is 10.1. The molecule has 2 atom stereocenters. The molecule has 2 unspecified atom stereocenters. The summed E-state index contributed by atoms with van der Waals surface area (Å²) < 4.78 is 6.02. The molecule has 0 aliphatic carbocycles. The van der Waals surface area contributed by atoms with Crippen LogP contribution >= 0.6 is 0 Å². The van der Waals surface area contributed by atoms with E-state index in [1.165, 1.54) is 0 Å². The molecular formula is C18H34N4O. The van der Waals surface area contributed by atoms with Gasteiger partial charge in [-0.2, -0.15) is 10.5 Å². The van der Waals surface area contributed by atoms with E-state index in [4.69, 9.17) is 15.3 Å². The van der Waals surface area contributed by atoms with Gasteiger partial charge in [-0.3, -0.25) is 9.80 Å². The molecule has 23 heavy (non-hydrogen) atoms. The van der Waals surface area contributed by atoms with E-state index in [0.29, 0.717) is 38.1 Å². The van der Waals surface area contributed by atoms with Crippen molar-refractivity contribution in [2.24, 2.45) is 0 Å². The molecule has 0 radical (unpaired) electrons. The Kier molecular flexibility index (Phi) is 13.7. The van der Waals surface area contributed by atoms with Gasteiger partial charge in [-0.15, -0.1) is 0 Å². The molecular weight excluding hydrogens is 288 g/mol. The molecule has 5 heteroatoms. The number of hydrogen-bond acceptors (Lipinski definition) is 5. The van der Waals surface area contributed by atoms with Gasteiger partial charge >= 0.3 is 0 Å². The first kappa shape index (κ1) is 21.9. The number of ether oxygens (including phenoxy) is 1. The number of likely N-dealkylation sites (N-methyl/N-ethyl adjacent to an activating group) is 2. The summed E-state index contributed by atoms with van der Waals surface area (Å²) in [6.45, 7) is 13.8. The van der Waals surface area contributed by atoms with E-state index >= 15 is 0 Å². The van der Waals surface area contributed by atoms with Crippen LogP contribution in [0.3, 0.4) is 0 Å². The predicted molar refractivity (Wildman–Crippen MR) is 93.9 cm³/mol. The van der Waals surface area contributed by atoms with Crippen LogP contribution in [0.5, 0.6) is 0 Å². The fourth-order valence-corrected chi connectivity index (χ4v) is 3.03. The first-order valence-electron chi connectivity index (χ1n) is 8.97. The van der Waals surface area contributed by atoms with Crippen LogP contribution in [0.15, 0.2) is 0 Å². The molecule has 0 heterocycles. The Morgan fingerprint density at radius 1 is 0.739 bits per heavy atom. The third-order valence-electron chi connectivity index (χ3n) is 4.46. The van der Waals surface area contributed by atoms with Gasteiger partial charge in [0.1, 0.15) is 0 Å². The van der Waals surface area contributed by atoms with Crippen molar-refractivity contribution in [2.75, 3.05) is 39.4 Å². The van der Waals surface area contributed by atoms with Crippen LogP contribution in [-0.2, 0) is 4.74 Å². The molecule has 0 aromatic heterocycles. The van der Waals surface area contributed by atoms with Gasteiger partial charge < -0.3 is 4.74 Å². The summed E-state index contributed by atoms with van der Waals surface area (Å²) in [6, 6.07) is 5.08. The summed E-state index contributed by atoms with van der Waals surface area (Å²) in [4.78, 5) is 4.72. The quantitative estimate of drug-likeness (QED) is 0.492. The molecule has 0 rings (SSSR count). The molecule has 0 fully saturated rings. The van der Waals surface area contributed by atoms with E-state index in [9.17, 15) is 0 Å². The first-order valence-corrected chi connectivity index (χ1v) is 8.97. The highest BCUT2D eigenvalue weighted by Crippen LogP contribution is 2.11. The number of hydrogen-bond donors (Lipinski definition) is 0. The number of nitrogens with zero attached hydrogens (tertiary/aromatic N) is 4. The zero-order valence-electron chi connectivity index (χ0n) is 15.4. The van der Waals surface area contributed by atoms with E-state index in [0.717, 1.165) is 39.0 Å². The lowest BCUT2D eigenvalue weighted by Crippen LogP contribution is -2.42. The Morgan fingerprint density at radius 3 is 1.35 bits per heavy atom. The molecule has 0 aliphatic heterocycles. The molecule has 0 amide bonds. The van der Waals surface area contributed by atoms with Crippen LogP contribution in [0.1, 0.15) is 53.4 Å². The fraction of sp³-hybridized carbons (Fsp3) is 0.889. The lowest BCUT2D eigenvalue weighted by Gasteiger charge is -2.32. The molecule has 132 valence electrons. The van der Waals surface area contributed by atoms with E-state index in [1.807, 2.05) is 0 Å². The molecule has 0 spiro atoms. The van der Waals surface area contributed by atoms with Crippen LogP contribution in [0, 0.1) is 22.7 Å². The minimum atomic E-state index is 0.304. The van der Waals surface area contributed by atoms with Gasteiger partial charge in [0.2, 0.25) is 0 Å². The van der Waals surface area contributed by atoms with Gasteiger partial charge in [0.25, 0.3) is 0 Å². The Hall–Kier alpha value is -1.14. The van der Waals surface area contributed by atoms with Crippen molar-refractivity contribution in [1.29, 1.82) is 10.5 Å². The molecule has 0 N–H and O–H groups in total. The SMILES string of the molecule is CCN(CC)C(CCC#N)COCC(CCC#N)N(CC)CC. The largest absolute Gasteiger partial charge is 0.378 e. The normalized spacial score (nSPS) is 13.7. The van der Waals surface area contributed by atoms with Gasteiger partial charge in [-0.1, -0.05) is 27.7 Å². The summed E-state index contributed by atoms with van der Waals surface area (Å²) in [5.41, 5.74) is 0. The first-order chi connectivity index (χ1) is 11.2. The van der Waals surface area contributed by atoms with Gasteiger partial charge in [0.05, 0.1) is 25.4 Å². The maximum absolute atomic E-state index is 8.84. The van der Waals surface area contributed by atoms with Crippen molar-refractivity contribution < 1.29 is 4.74 Å². The topological polar surface area (TPSA) is 63.3 Å². The smallest absolute Gasteiger partial charge is 0.0622 e. The molecule has 0 bridgehead atoms. The van der Waals surface area contributed by atoms with Crippen molar-refractivity contribution in [3.8, 4) is 12.1 Å². The fourth-order valence-electron chi connectivity index (χ4n) is 3.03. The Balaban J connectivity index is 4.54. The molecule has 5 nitrogen and oxygen atoms in total. The van der Waals surface area contributed by atoms with E-state index in [1.54, 1.807) is 0 Å². The predicted octanol–water partition coefficient (Wildman–Crippen LogP) is 3.03. The second-order valence-electron chi connectivity index (χ2n) is 5.68. The van der Waals surface area contributed by atoms with Crippen molar-refractivity contribution in [2.45, 2.75) is 65.5 Å². The standard InChI is InChI=1S/C18H34N4O/c1-5-21(6-2)17(11-9-13-19)15-23-16-18(12-10-14-20)22(7-3)8-4/h17-18H,5-12,15-16H2,1-4H3. The maximum atomic E-state index is 8.84. The van der Waals surface area contributed by atoms with E-state index in [2.05, 4.69) is 49.6 Å². The minimum Gasteiger partial charge on any atom is -0.378 e. The van der Waals surface area contributed by atoms with Gasteiger partial charge in [-0.05, 0) is 39.0 Å². The van der Waals surface area contributed by atoms with Crippen LogP contribution < -0.4 is 0 Å². The summed E-state index contributed by atoms with van der Waals surface area (Å²) in [5.74, 6) is 0. The second kappa shape index (κ2) is 14.5. The second-order valence-corrected chi connectivity index (χ2v) is 5.68. The lowest BCUT2D eigenvalue weighted by molar-refractivity contribution is 0.0222. The summed E-state index contributed by atoms with van der Waals surface area (Å²) in [7, 11) is 0. The summed E-state index contributed by atoms with van der Waals surface area (Å²) >= 11 is 0. The Bertz CT molecular complexity index is 319. The summed E-state index contributed by atoms with van der Waals surface area (Å²) in [5, 5.41) is 17.7. The van der Waals surface area contributed by atoms with E-state index < -0.39 is 0 Å². The Morgan fingerprint density at radius 2 is 1.09 bits per heavy atom. The average molecular weight is 322 g/mol. The number of nitriles is 2. The van der Waals surface area contributed by atoms with Crippen molar-refractivity contribution >= 4 is 0 Å². The third kappa shape index (κ3) is 8.91. The van der Waals surface area contributed by atoms with Crippen molar-refractivity contribution in [1.82, 2.24) is 9.80 Å². The third-order valence-corrected chi connectivity index (χ3v) is 4.46. The summed E-state index contributed by atoms with van der Waals surface area (Å²) in [6.07, 6.45) is 2.84. The van der Waals surface area contributed by atoms with Crippen molar-refractivity contribution in [3.63, 3.8) is 0 Å². The van der Waals surface area contributed by atoms with Crippen LogP contribution in [0.4, 0.5) is 0 Å². The highest BCUT2D eigenvalue weighted by Gasteiger charge is 2.19. The molecule has 0 saturated carbocycles. The molecule has 0 saturated heterocycles. The average Bonchev–Trinajstić information content (AvgIpc) is 2.58. The molecule has 0 aliphatic rings. The Labute approximate surface area is 142 Å². The van der Waals surface area contributed by atoms with Gasteiger partial charge in [-0.25, -0.2) is 0 Å². The van der Waals surface area contributed by atoms with Gasteiger partial charge in [0, 0.05) is 24.9 Å². The zero-order chi connectivity index (χ0) is 17.5. The van der Waals surface area contributed by atoms with Crippen LogP contribution in [0.25, 0.3) is 0 Å². The maximum Gasteiger partial charge on any atom is 0.0622 e.